The molecule has 1 amide bonds. The summed E-state index contributed by atoms with van der Waals surface area (Å²) in [6.07, 6.45) is 5.61. The number of rotatable bonds is 8. The van der Waals surface area contributed by atoms with Gasteiger partial charge < -0.3 is 15.0 Å². The third-order valence-corrected chi connectivity index (χ3v) is 6.27. The highest BCUT2D eigenvalue weighted by Crippen LogP contribution is 2.51. The molecule has 2 aliphatic rings. The number of amides is 1. The molecule has 3 rings (SSSR count). The first-order valence-electron chi connectivity index (χ1n) is 8.91. The average Bonchev–Trinajstić information content (AvgIpc) is 2.93. The largest absolute Gasteiger partial charge is 0.543 e. The number of carbonyl (C=O) groups is 2. The first-order valence-corrected chi connectivity index (χ1v) is 9.79. The number of allylic oxidation sites excluding steroid dienone is 1. The second-order valence-corrected chi connectivity index (χ2v) is 8.00. The fourth-order valence-electron chi connectivity index (χ4n) is 3.51. The number of β-lactam (4-membered cyclic amide) rings is 1. The lowest BCUT2D eigenvalue weighted by atomic mass is 9.92. The van der Waals surface area contributed by atoms with Gasteiger partial charge in [0.1, 0.15) is 11.9 Å². The van der Waals surface area contributed by atoms with E-state index in [0.29, 0.717) is 17.7 Å². The lowest BCUT2D eigenvalue weighted by Crippen LogP contribution is -2.61. The Balaban J connectivity index is 1.58. The number of hydrogen-bond acceptors (Lipinski definition) is 6. The van der Waals surface area contributed by atoms with Crippen molar-refractivity contribution >= 4 is 23.6 Å². The molecule has 142 valence electrons. The molecule has 3 heterocycles. The summed E-state index contributed by atoms with van der Waals surface area (Å²) < 4.78 is 2.02. The maximum Gasteiger partial charge on any atom is 0.236 e. The highest BCUT2D eigenvalue weighted by molar-refractivity contribution is 8.04. The lowest BCUT2D eigenvalue weighted by Gasteiger charge is -2.44. The Labute approximate surface area is 161 Å². The Kier molecular flexibility index (Phi) is 5.82. The Bertz CT molecular complexity index is 830. The van der Waals surface area contributed by atoms with Crippen molar-refractivity contribution < 1.29 is 24.4 Å². The molecule has 0 aliphatic carbocycles. The summed E-state index contributed by atoms with van der Waals surface area (Å²) in [5.74, 6) is -2.24. The van der Waals surface area contributed by atoms with Crippen molar-refractivity contribution in [2.24, 2.45) is 5.92 Å². The number of aliphatic hydroxyl groups excluding tert-OH is 1. The summed E-state index contributed by atoms with van der Waals surface area (Å²) in [7, 11) is 0. The second kappa shape index (κ2) is 8.11. The topological polar surface area (TPSA) is 108 Å². The van der Waals surface area contributed by atoms with Gasteiger partial charge in [0.2, 0.25) is 5.91 Å². The summed E-state index contributed by atoms with van der Waals surface area (Å²) in [5.41, 5.74) is 0.927. The molecule has 7 nitrogen and oxygen atoms in total. The number of pyridine rings is 1. The van der Waals surface area contributed by atoms with E-state index >= 15 is 0 Å². The molecular weight excluding hydrogens is 366 g/mol. The first-order chi connectivity index (χ1) is 12.9. The van der Waals surface area contributed by atoms with Gasteiger partial charge in [0.25, 0.3) is 0 Å². The van der Waals surface area contributed by atoms with Crippen LogP contribution in [0.2, 0.25) is 0 Å². The van der Waals surface area contributed by atoms with Gasteiger partial charge in [-0.1, -0.05) is 0 Å². The van der Waals surface area contributed by atoms with Crippen LogP contribution >= 0.6 is 11.8 Å². The van der Waals surface area contributed by atoms with E-state index in [-0.39, 0.29) is 17.0 Å². The fraction of sp³-hybridized carbons (Fsp3) is 0.474. The number of carboxylic acids is 1. The molecule has 0 spiro atoms. The zero-order valence-electron chi connectivity index (χ0n) is 15.0. The van der Waals surface area contributed by atoms with E-state index in [1.54, 1.807) is 6.92 Å². The van der Waals surface area contributed by atoms with Crippen LogP contribution in [0.5, 0.6) is 0 Å². The molecule has 27 heavy (non-hydrogen) atoms. The van der Waals surface area contributed by atoms with Crippen LogP contribution in [0, 0.1) is 17.2 Å². The summed E-state index contributed by atoms with van der Waals surface area (Å²) in [6.45, 7) is 2.31. The number of aliphatic hydroxyl groups is 1. The molecule has 0 unspecified atom stereocenters. The van der Waals surface area contributed by atoms with E-state index in [1.807, 2.05) is 29.1 Å². The molecule has 0 radical (unpaired) electrons. The lowest BCUT2D eigenvalue weighted by molar-refractivity contribution is -0.697. The smallest absolute Gasteiger partial charge is 0.236 e. The van der Waals surface area contributed by atoms with Gasteiger partial charge in [0.05, 0.1) is 36.2 Å². The second-order valence-electron chi connectivity index (χ2n) is 6.78. The summed E-state index contributed by atoms with van der Waals surface area (Å²) in [4.78, 5) is 25.6. The predicted octanol–water partition coefficient (Wildman–Crippen LogP) is 0.0841. The Hall–Kier alpha value is -2.37. The number of hydrogen-bond donors (Lipinski definition) is 1. The van der Waals surface area contributed by atoms with E-state index in [9.17, 15) is 19.8 Å². The molecule has 1 saturated heterocycles. The zero-order chi connectivity index (χ0) is 19.6. The molecule has 0 bridgehead atoms. The molecular formula is C19H21N3O4S. The van der Waals surface area contributed by atoms with E-state index in [1.165, 1.54) is 16.7 Å². The third kappa shape index (κ3) is 3.84. The fourth-order valence-corrected chi connectivity index (χ4v) is 5.16. The summed E-state index contributed by atoms with van der Waals surface area (Å²) in [5, 5.41) is 29.7. The van der Waals surface area contributed by atoms with Gasteiger partial charge in [0.15, 0.2) is 12.4 Å². The number of aromatic nitrogens is 1. The minimum Gasteiger partial charge on any atom is -0.543 e. The number of carbonyl (C=O) groups excluding carboxylic acids is 2. The van der Waals surface area contributed by atoms with Crippen LogP contribution < -0.4 is 9.67 Å². The number of nitrogens with zero attached hydrogens (tertiary/aromatic N) is 3. The van der Waals surface area contributed by atoms with Crippen molar-refractivity contribution in [3.05, 3.63) is 40.7 Å². The van der Waals surface area contributed by atoms with Crippen molar-refractivity contribution in [3.8, 4) is 6.07 Å². The number of aryl methyl sites for hydroxylation is 1. The van der Waals surface area contributed by atoms with E-state index in [2.05, 4.69) is 6.07 Å². The highest BCUT2D eigenvalue weighted by atomic mass is 32.2. The molecule has 1 fully saturated rings. The average molecular weight is 387 g/mol. The minimum atomic E-state index is -1.34. The van der Waals surface area contributed by atoms with E-state index in [0.717, 1.165) is 24.9 Å². The highest BCUT2D eigenvalue weighted by Gasteiger charge is 2.55. The van der Waals surface area contributed by atoms with Crippen LogP contribution in [0.25, 0.3) is 0 Å². The quantitative estimate of drug-likeness (QED) is 0.385. The van der Waals surface area contributed by atoms with E-state index < -0.39 is 18.0 Å². The standard InChI is InChI=1S/C19H21N3O4S/c1-12(23)15-17(24)22-16(19(25)26)14(27-18(15)22)6-2-3-9-21-10-4-5-13(11-21)7-8-20/h4-5,10-12,15,18,23H,2-3,6-7,9H2,1H3/t12-,15+,18-/m1/s1. The Morgan fingerprint density at radius 2 is 2.30 bits per heavy atom. The van der Waals surface area contributed by atoms with Crippen LogP contribution in [0.15, 0.2) is 35.1 Å². The van der Waals surface area contributed by atoms with Crippen LogP contribution in [-0.2, 0) is 22.6 Å². The number of unbranched alkanes of at least 4 members (excludes halogenated alkanes) is 1. The summed E-state index contributed by atoms with van der Waals surface area (Å²) >= 11 is 1.35. The van der Waals surface area contributed by atoms with Crippen molar-refractivity contribution in [2.75, 3.05) is 0 Å². The molecule has 1 aromatic rings. The van der Waals surface area contributed by atoms with E-state index in [4.69, 9.17) is 5.26 Å². The molecule has 8 heteroatoms. The van der Waals surface area contributed by atoms with Gasteiger partial charge in [-0.05, 0) is 25.8 Å². The molecule has 2 aliphatic heterocycles. The van der Waals surface area contributed by atoms with Gasteiger partial charge in [-0.3, -0.25) is 9.69 Å². The van der Waals surface area contributed by atoms with Crippen LogP contribution in [-0.4, -0.2) is 33.4 Å². The van der Waals surface area contributed by atoms with Crippen molar-refractivity contribution in [3.63, 3.8) is 0 Å². The number of thioether (sulfide) groups is 1. The maximum atomic E-state index is 12.1. The molecule has 0 saturated carbocycles. The molecule has 1 aromatic heterocycles. The maximum absolute atomic E-state index is 12.1. The number of fused-ring (bicyclic) bond motifs is 1. The van der Waals surface area contributed by atoms with Crippen LogP contribution in [0.4, 0.5) is 0 Å². The Morgan fingerprint density at radius 1 is 1.52 bits per heavy atom. The third-order valence-electron chi connectivity index (χ3n) is 4.84. The minimum absolute atomic E-state index is 0.0319. The molecule has 0 aromatic carbocycles. The number of nitriles is 1. The zero-order valence-corrected chi connectivity index (χ0v) is 15.8. The Morgan fingerprint density at radius 3 is 2.96 bits per heavy atom. The monoisotopic (exact) mass is 387 g/mol. The molecule has 3 atom stereocenters. The SMILES string of the molecule is C[C@@H](O)[C@H]1C(=O)N2C(C(=O)[O-])=C(CCCC[n+]3cccc(CC#N)c3)S[C@H]12. The van der Waals surface area contributed by atoms with Crippen LogP contribution in [0.1, 0.15) is 31.7 Å². The van der Waals surface area contributed by atoms with Crippen molar-refractivity contribution in [1.82, 2.24) is 4.90 Å². The normalized spacial score (nSPS) is 22.3. The summed E-state index contributed by atoms with van der Waals surface area (Å²) in [6, 6.07) is 5.94. The van der Waals surface area contributed by atoms with Gasteiger partial charge in [0, 0.05) is 23.0 Å². The van der Waals surface area contributed by atoms with Crippen molar-refractivity contribution in [2.45, 2.75) is 50.6 Å². The predicted molar refractivity (Wildman–Crippen MR) is 95.2 cm³/mol. The van der Waals surface area contributed by atoms with Gasteiger partial charge in [-0.2, -0.15) is 5.26 Å². The van der Waals surface area contributed by atoms with Crippen molar-refractivity contribution in [1.29, 1.82) is 5.26 Å². The molecule has 1 N–H and O–H groups in total. The number of aliphatic carboxylic acids is 1. The number of carboxylic acid groups (broad SMARTS) is 1. The van der Waals surface area contributed by atoms with Gasteiger partial charge >= 0.3 is 0 Å². The van der Waals surface area contributed by atoms with Gasteiger partial charge in [-0.25, -0.2) is 4.57 Å². The van der Waals surface area contributed by atoms with Gasteiger partial charge in [-0.15, -0.1) is 11.8 Å². The van der Waals surface area contributed by atoms with Crippen LogP contribution in [0.3, 0.4) is 0 Å². The first kappa shape index (κ1) is 19.4.